The number of nitrogens with zero attached hydrogens (tertiary/aromatic N) is 2. The summed E-state index contributed by atoms with van der Waals surface area (Å²) >= 11 is 0. The Morgan fingerprint density at radius 2 is 1.39 bits per heavy atom. The number of ether oxygens (including phenoxy) is 2. The summed E-state index contributed by atoms with van der Waals surface area (Å²) in [6.45, 7) is 12.5. The van der Waals surface area contributed by atoms with Gasteiger partial charge in [-0.2, -0.15) is 0 Å². The number of rotatable bonds is 15. The van der Waals surface area contributed by atoms with Crippen LogP contribution < -0.4 is 10.6 Å². The zero-order valence-corrected chi connectivity index (χ0v) is 44.8. The highest BCUT2D eigenvalue weighted by molar-refractivity contribution is 5.91. The molecule has 0 spiro atoms. The van der Waals surface area contributed by atoms with E-state index >= 15 is 0 Å². The molecule has 4 bridgehead atoms. The van der Waals surface area contributed by atoms with E-state index < -0.39 is 12.1 Å². The summed E-state index contributed by atoms with van der Waals surface area (Å²) in [6, 6.07) is 20.5. The first-order valence-corrected chi connectivity index (χ1v) is 28.2. The first kappa shape index (κ1) is 51.5. The van der Waals surface area contributed by atoms with Crippen molar-refractivity contribution in [3.8, 4) is 11.1 Å². The second kappa shape index (κ2) is 22.5. The van der Waals surface area contributed by atoms with Gasteiger partial charge in [0.05, 0.1) is 42.7 Å². The number of alkyl carbamates (subject to hydrolysis) is 2. The van der Waals surface area contributed by atoms with Crippen LogP contribution in [0.3, 0.4) is 0 Å². The average molecular weight is 1000 g/mol. The normalized spacial score (nSPS) is 25.4. The van der Waals surface area contributed by atoms with Crippen LogP contribution in [0, 0.1) is 47.3 Å². The highest BCUT2D eigenvalue weighted by Crippen LogP contribution is 2.55. The number of benzene rings is 3. The Hall–Kier alpha value is -5.97. The minimum Gasteiger partial charge on any atom is -0.453 e. The molecule has 2 aromatic heterocycles. The standard InChI is InChI=1S/C63H80N6O5/c1-8-52-53(65-61(64-52)51-33-44-15-10-12-18-47(44)57(51)59(70)58(37(4)5)69-63(72)74-7)19-13-16-42-30-38-20-24-40(42)25-21-39-23-27-41(26-22-38)48(31-39)45-28-29-54-56(34-45)67-60(66-54)50-32-43-14-9-11-17-46(43)49(50)35-55(36(2)3)68-62(71)73-6/h8,13,19-20,23-24,27-31,34,36-37,43-44,46-47,49-51,55,57-58H,1,9-12,14-18,21-22,25-26,32-33,35H2,2-7H3,(H,64,65)(H,66,67)(H,68,71)(H,69,72)/b19-13-/t43-,44-,46-,47-,49?,50?,51?,55+,57?,58-/m0/s1. The lowest BCUT2D eigenvalue weighted by atomic mass is 9.73. The number of allylic oxidation sites excluding steroid dienone is 1. The van der Waals surface area contributed by atoms with Crippen molar-refractivity contribution in [2.24, 2.45) is 47.3 Å². The van der Waals surface area contributed by atoms with Gasteiger partial charge in [0.15, 0.2) is 5.78 Å². The molecule has 4 saturated carbocycles. The van der Waals surface area contributed by atoms with Gasteiger partial charge in [0.25, 0.3) is 0 Å². The van der Waals surface area contributed by atoms with Crippen LogP contribution in [0.2, 0.25) is 0 Å². The Morgan fingerprint density at radius 3 is 2.12 bits per heavy atom. The van der Waals surface area contributed by atoms with Crippen molar-refractivity contribution in [2.75, 3.05) is 14.2 Å². The van der Waals surface area contributed by atoms with Gasteiger partial charge in [-0.25, -0.2) is 19.6 Å². The number of nitrogens with one attached hydrogen (secondary N) is 4. The Bertz CT molecular complexity index is 2870. The fourth-order valence-electron chi connectivity index (χ4n) is 14.6. The van der Waals surface area contributed by atoms with Gasteiger partial charge in [-0.05, 0) is 169 Å². The summed E-state index contributed by atoms with van der Waals surface area (Å²) in [6.07, 6.45) is 22.5. The maximum absolute atomic E-state index is 14.5. The lowest BCUT2D eigenvalue weighted by Gasteiger charge is -2.33. The summed E-state index contributed by atoms with van der Waals surface area (Å²) in [7, 11) is 2.80. The zero-order valence-electron chi connectivity index (χ0n) is 44.8. The number of hydrogen-bond donors (Lipinski definition) is 4. The molecular weight excluding hydrogens is 921 g/mol. The van der Waals surface area contributed by atoms with Gasteiger partial charge in [-0.1, -0.05) is 121 Å². The molecule has 2 amide bonds. The summed E-state index contributed by atoms with van der Waals surface area (Å²) in [5, 5.41) is 6.05. The van der Waals surface area contributed by atoms with Crippen LogP contribution in [0.1, 0.15) is 161 Å². The Labute approximate surface area is 439 Å². The van der Waals surface area contributed by atoms with Gasteiger partial charge in [-0.15, -0.1) is 0 Å². The fraction of sp³-hybridized carbons (Fsp3) is 0.540. The molecule has 8 aliphatic rings. The predicted molar refractivity (Wildman–Crippen MR) is 295 cm³/mol. The van der Waals surface area contributed by atoms with E-state index in [0.29, 0.717) is 35.5 Å². The smallest absolute Gasteiger partial charge is 0.407 e. The van der Waals surface area contributed by atoms with E-state index in [1.54, 1.807) is 0 Å². The third-order valence-electron chi connectivity index (χ3n) is 18.5. The molecule has 0 saturated heterocycles. The summed E-state index contributed by atoms with van der Waals surface area (Å²) < 4.78 is 10.00. The van der Waals surface area contributed by atoms with E-state index in [-0.39, 0.29) is 41.6 Å². The number of aromatic amines is 2. The van der Waals surface area contributed by atoms with E-state index in [1.165, 1.54) is 85.3 Å². The zero-order chi connectivity index (χ0) is 51.6. The molecule has 4 fully saturated rings. The quantitative estimate of drug-likeness (QED) is 0.0815. The van der Waals surface area contributed by atoms with Crippen molar-refractivity contribution in [3.63, 3.8) is 0 Å². The lowest BCUT2D eigenvalue weighted by Crippen LogP contribution is -2.48. The molecule has 5 aromatic rings. The summed E-state index contributed by atoms with van der Waals surface area (Å²) in [5.74, 6) is 4.90. The third-order valence-corrected chi connectivity index (χ3v) is 18.5. The Kier molecular flexibility index (Phi) is 15.6. The van der Waals surface area contributed by atoms with Crippen LogP contribution in [-0.2, 0) is 46.4 Å². The average Bonchev–Trinajstić information content (AvgIpc) is 4.21. The molecular formula is C63H80N6O5. The number of Topliss-reactive ketones (excluding diaryl/α,β-unsaturated/α-hetero) is 1. The van der Waals surface area contributed by atoms with E-state index in [1.807, 2.05) is 19.9 Å². The Morgan fingerprint density at radius 1 is 0.730 bits per heavy atom. The van der Waals surface area contributed by atoms with Gasteiger partial charge in [0, 0.05) is 23.8 Å². The number of imidazole rings is 2. The predicted octanol–water partition coefficient (Wildman–Crippen LogP) is 13.3. The summed E-state index contributed by atoms with van der Waals surface area (Å²) in [4.78, 5) is 57.3. The monoisotopic (exact) mass is 1000 g/mol. The van der Waals surface area contributed by atoms with Crippen LogP contribution in [0.15, 0.2) is 67.3 Å². The van der Waals surface area contributed by atoms with Gasteiger partial charge in [-0.3, -0.25) is 4.79 Å². The lowest BCUT2D eigenvalue weighted by molar-refractivity contribution is -0.128. The molecule has 0 radical (unpaired) electrons. The molecule has 11 nitrogen and oxygen atoms in total. The fourth-order valence-corrected chi connectivity index (χ4v) is 14.6. The number of ketones is 1. The number of carbonyl (C=O) groups excluding carboxylic acids is 3. The number of aromatic nitrogens is 4. The molecule has 4 N–H and O–H groups in total. The Balaban J connectivity index is 0.854. The van der Waals surface area contributed by atoms with E-state index in [2.05, 4.69) is 108 Å². The third kappa shape index (κ3) is 10.8. The molecule has 10 atom stereocenters. The molecule has 13 rings (SSSR count). The van der Waals surface area contributed by atoms with Crippen molar-refractivity contribution in [1.82, 2.24) is 30.6 Å². The first-order valence-electron chi connectivity index (χ1n) is 28.2. The minimum absolute atomic E-state index is 0.0530. The highest BCUT2D eigenvalue weighted by Gasteiger charge is 2.51. The SMILES string of the molecule is C=Cc1nc(C2C[C@@H]3CCCC[C@@H]3C2C(=O)[C@@H](NC(=O)OC)C(C)C)[nH]c1/C=C\Cc1cc2ccc1CCc1ccc(c(-c3ccc4nc(C5C[C@@H]6CCCC[C@@H]6C5C[C@@H](NC(=O)OC)C(C)C)[nH]c4c3)c1)CC2. The number of carbonyl (C=O) groups is 3. The van der Waals surface area contributed by atoms with Crippen molar-refractivity contribution in [2.45, 2.75) is 154 Å². The molecule has 8 aliphatic carbocycles. The van der Waals surface area contributed by atoms with E-state index in [9.17, 15) is 14.4 Å². The minimum atomic E-state index is -0.620. The van der Waals surface area contributed by atoms with Crippen LogP contribution in [-0.4, -0.2) is 64.2 Å². The van der Waals surface area contributed by atoms with Crippen LogP contribution in [0.4, 0.5) is 9.59 Å². The van der Waals surface area contributed by atoms with E-state index in [0.717, 1.165) is 105 Å². The number of amides is 2. The molecule has 4 unspecified atom stereocenters. The number of aryl methyl sites for hydroxylation is 4. The van der Waals surface area contributed by atoms with Gasteiger partial charge >= 0.3 is 12.2 Å². The molecule has 2 heterocycles. The number of H-pyrrole nitrogens is 2. The molecule has 0 aliphatic heterocycles. The second-order valence-corrected chi connectivity index (χ2v) is 23.5. The van der Waals surface area contributed by atoms with Crippen LogP contribution in [0.5, 0.6) is 0 Å². The topological polar surface area (TPSA) is 151 Å². The molecule has 11 heteroatoms. The first-order chi connectivity index (χ1) is 35.9. The number of fused-ring (bicyclic) bond motifs is 3. The number of hydrogen-bond acceptors (Lipinski definition) is 7. The summed E-state index contributed by atoms with van der Waals surface area (Å²) in [5.41, 5.74) is 13.1. The number of methoxy groups -OCH3 is 2. The van der Waals surface area contributed by atoms with Crippen molar-refractivity contribution in [1.29, 1.82) is 0 Å². The van der Waals surface area contributed by atoms with E-state index in [4.69, 9.17) is 19.4 Å². The van der Waals surface area contributed by atoms with Crippen molar-refractivity contribution in [3.05, 3.63) is 118 Å². The molecule has 392 valence electrons. The van der Waals surface area contributed by atoms with Gasteiger partial charge in [0.1, 0.15) is 11.6 Å². The molecule has 74 heavy (non-hydrogen) atoms. The van der Waals surface area contributed by atoms with Crippen LogP contribution >= 0.6 is 0 Å². The van der Waals surface area contributed by atoms with Crippen molar-refractivity contribution < 1.29 is 23.9 Å². The maximum Gasteiger partial charge on any atom is 0.407 e. The van der Waals surface area contributed by atoms with Crippen molar-refractivity contribution >= 4 is 41.2 Å². The van der Waals surface area contributed by atoms with Gasteiger partial charge < -0.3 is 30.1 Å². The second-order valence-electron chi connectivity index (χ2n) is 23.5. The maximum atomic E-state index is 14.5. The highest BCUT2D eigenvalue weighted by atomic mass is 16.5. The molecule has 3 aromatic carbocycles. The van der Waals surface area contributed by atoms with Crippen LogP contribution in [0.25, 0.3) is 34.3 Å². The largest absolute Gasteiger partial charge is 0.453 e. The van der Waals surface area contributed by atoms with Gasteiger partial charge in [0.2, 0.25) is 0 Å².